The highest BCUT2D eigenvalue weighted by atomic mass is 16.3. The van der Waals surface area contributed by atoms with Crippen molar-refractivity contribution in [3.05, 3.63) is 24.2 Å². The monoisotopic (exact) mass is 287 g/mol. The first kappa shape index (κ1) is 13.4. The highest BCUT2D eigenvalue weighted by Gasteiger charge is 2.54. The average Bonchev–Trinajstić information content (AvgIpc) is 2.89. The maximum atomic E-state index is 12.9. The molecule has 0 aromatic carbocycles. The Balaban J connectivity index is 1.42. The van der Waals surface area contributed by atoms with Crippen LogP contribution >= 0.6 is 0 Å². The van der Waals surface area contributed by atoms with E-state index in [1.165, 1.54) is 19.3 Å². The third-order valence-electron chi connectivity index (χ3n) is 5.98. The van der Waals surface area contributed by atoms with Gasteiger partial charge in [0.15, 0.2) is 0 Å². The maximum absolute atomic E-state index is 12.9. The summed E-state index contributed by atoms with van der Waals surface area (Å²) in [6.07, 6.45) is 10.0. The number of carbonyl (C=O) groups excluding carboxylic acids is 1. The van der Waals surface area contributed by atoms with Gasteiger partial charge in [-0.1, -0.05) is 0 Å². The molecular weight excluding hydrogens is 262 g/mol. The number of furan rings is 1. The summed E-state index contributed by atoms with van der Waals surface area (Å²) in [6, 6.07) is 4.03. The highest BCUT2D eigenvalue weighted by molar-refractivity contribution is 5.83. The van der Waals surface area contributed by atoms with Gasteiger partial charge in [0.2, 0.25) is 5.91 Å². The first-order valence-electron chi connectivity index (χ1n) is 8.46. The van der Waals surface area contributed by atoms with E-state index in [0.29, 0.717) is 5.91 Å². The van der Waals surface area contributed by atoms with Crippen LogP contribution in [0.3, 0.4) is 0 Å². The van der Waals surface area contributed by atoms with Crippen LogP contribution in [-0.2, 0) is 11.2 Å². The van der Waals surface area contributed by atoms with E-state index in [9.17, 15) is 4.79 Å². The summed E-state index contributed by atoms with van der Waals surface area (Å²) in [7, 11) is 0. The lowest BCUT2D eigenvalue weighted by molar-refractivity contribution is -0.146. The Morgan fingerprint density at radius 3 is 2.43 bits per heavy atom. The molecule has 5 rings (SSSR count). The van der Waals surface area contributed by atoms with Gasteiger partial charge in [0.05, 0.1) is 6.26 Å². The van der Waals surface area contributed by atoms with E-state index in [1.54, 1.807) is 6.26 Å². The fourth-order valence-electron chi connectivity index (χ4n) is 5.55. The van der Waals surface area contributed by atoms with Crippen LogP contribution in [0.2, 0.25) is 0 Å². The molecule has 1 N–H and O–H groups in total. The van der Waals surface area contributed by atoms with Crippen LogP contribution in [0.5, 0.6) is 0 Å². The van der Waals surface area contributed by atoms with Crippen molar-refractivity contribution in [1.82, 2.24) is 5.32 Å². The smallest absolute Gasteiger partial charge is 0.226 e. The molecule has 4 fully saturated rings. The van der Waals surface area contributed by atoms with Crippen molar-refractivity contribution in [2.24, 2.45) is 23.2 Å². The Labute approximate surface area is 126 Å². The van der Waals surface area contributed by atoms with Gasteiger partial charge in [-0.15, -0.1) is 0 Å². The van der Waals surface area contributed by atoms with Crippen molar-refractivity contribution in [2.75, 3.05) is 0 Å². The first-order chi connectivity index (χ1) is 10.1. The van der Waals surface area contributed by atoms with Crippen molar-refractivity contribution in [1.29, 1.82) is 0 Å². The van der Waals surface area contributed by atoms with Crippen LogP contribution in [0.25, 0.3) is 0 Å². The molecule has 4 aliphatic carbocycles. The normalized spacial score (nSPS) is 38.4. The van der Waals surface area contributed by atoms with Gasteiger partial charge in [-0.2, -0.15) is 0 Å². The van der Waals surface area contributed by atoms with Gasteiger partial charge < -0.3 is 9.73 Å². The van der Waals surface area contributed by atoms with E-state index in [4.69, 9.17) is 4.42 Å². The fraction of sp³-hybridized carbons (Fsp3) is 0.722. The lowest BCUT2D eigenvalue weighted by atomic mass is 9.49. The number of nitrogens with one attached hydrogen (secondary N) is 1. The number of hydrogen-bond acceptors (Lipinski definition) is 2. The molecule has 1 amide bonds. The van der Waals surface area contributed by atoms with Crippen LogP contribution in [-0.4, -0.2) is 11.9 Å². The standard InChI is InChI=1S/C18H25NO2/c1-12(5-16-3-2-4-21-16)19-17(20)18-9-13-6-14(10-18)8-15(7-13)11-18/h2-4,12-15H,5-11H2,1H3,(H,19,20). The SMILES string of the molecule is CC(Cc1ccco1)NC(=O)C12CC3CC(CC(C3)C1)C2. The molecule has 0 aliphatic heterocycles. The molecule has 114 valence electrons. The average molecular weight is 287 g/mol. The molecule has 21 heavy (non-hydrogen) atoms. The topological polar surface area (TPSA) is 42.2 Å². The third kappa shape index (κ3) is 2.41. The number of rotatable bonds is 4. The molecule has 1 unspecified atom stereocenters. The fourth-order valence-corrected chi connectivity index (χ4v) is 5.55. The van der Waals surface area contributed by atoms with Crippen LogP contribution in [0, 0.1) is 23.2 Å². The molecule has 4 aliphatic rings. The second-order valence-electron chi connectivity index (χ2n) is 7.86. The van der Waals surface area contributed by atoms with E-state index in [1.807, 2.05) is 12.1 Å². The van der Waals surface area contributed by atoms with E-state index in [2.05, 4.69) is 12.2 Å². The Morgan fingerprint density at radius 1 is 1.29 bits per heavy atom. The molecule has 1 heterocycles. The van der Waals surface area contributed by atoms with E-state index in [-0.39, 0.29) is 11.5 Å². The minimum absolute atomic E-state index is 0.0355. The zero-order valence-electron chi connectivity index (χ0n) is 12.8. The quantitative estimate of drug-likeness (QED) is 0.920. The van der Waals surface area contributed by atoms with Gasteiger partial charge in [0.25, 0.3) is 0 Å². The summed E-state index contributed by atoms with van der Waals surface area (Å²) >= 11 is 0. The maximum Gasteiger partial charge on any atom is 0.226 e. The summed E-state index contributed by atoms with van der Waals surface area (Å²) in [6.45, 7) is 2.08. The second-order valence-corrected chi connectivity index (χ2v) is 7.86. The predicted octanol–water partition coefficient (Wildman–Crippen LogP) is 3.54. The van der Waals surface area contributed by atoms with Crippen LogP contribution in [0.4, 0.5) is 0 Å². The van der Waals surface area contributed by atoms with Gasteiger partial charge in [0.1, 0.15) is 5.76 Å². The van der Waals surface area contributed by atoms with Crippen molar-refractivity contribution < 1.29 is 9.21 Å². The largest absolute Gasteiger partial charge is 0.469 e. The van der Waals surface area contributed by atoms with Gasteiger partial charge in [-0.25, -0.2) is 0 Å². The molecule has 1 aromatic heterocycles. The summed E-state index contributed by atoms with van der Waals surface area (Å²) in [5, 5.41) is 3.28. The number of amides is 1. The Bertz CT molecular complexity index is 484. The van der Waals surface area contributed by atoms with Crippen LogP contribution in [0.1, 0.15) is 51.2 Å². The van der Waals surface area contributed by atoms with Gasteiger partial charge >= 0.3 is 0 Å². The lowest BCUT2D eigenvalue weighted by Crippen LogP contribution is -2.55. The van der Waals surface area contributed by atoms with E-state index >= 15 is 0 Å². The first-order valence-corrected chi connectivity index (χ1v) is 8.46. The molecule has 1 aromatic rings. The molecule has 1 atom stereocenters. The Kier molecular flexibility index (Phi) is 3.13. The van der Waals surface area contributed by atoms with Crippen molar-refractivity contribution in [2.45, 2.75) is 57.9 Å². The minimum atomic E-state index is -0.0355. The molecule has 4 bridgehead atoms. The Hall–Kier alpha value is -1.25. The summed E-state index contributed by atoms with van der Waals surface area (Å²) < 4.78 is 5.38. The Morgan fingerprint density at radius 2 is 1.90 bits per heavy atom. The third-order valence-corrected chi connectivity index (χ3v) is 5.98. The van der Waals surface area contributed by atoms with Gasteiger partial charge in [-0.05, 0) is 75.3 Å². The molecule has 0 radical (unpaired) electrons. The van der Waals surface area contributed by atoms with Crippen molar-refractivity contribution in [3.63, 3.8) is 0 Å². The van der Waals surface area contributed by atoms with Crippen molar-refractivity contribution >= 4 is 5.91 Å². The summed E-state index contributed by atoms with van der Waals surface area (Å²) in [4.78, 5) is 12.9. The molecule has 0 saturated heterocycles. The molecule has 3 nitrogen and oxygen atoms in total. The van der Waals surface area contributed by atoms with Crippen LogP contribution < -0.4 is 5.32 Å². The summed E-state index contributed by atoms with van der Waals surface area (Å²) in [5.74, 6) is 3.74. The summed E-state index contributed by atoms with van der Waals surface area (Å²) in [5.41, 5.74) is -0.0355. The highest BCUT2D eigenvalue weighted by Crippen LogP contribution is 2.60. The molecular formula is C18H25NO2. The molecule has 3 heteroatoms. The van der Waals surface area contributed by atoms with Crippen molar-refractivity contribution in [3.8, 4) is 0 Å². The van der Waals surface area contributed by atoms with Gasteiger partial charge in [-0.3, -0.25) is 4.79 Å². The molecule has 4 saturated carbocycles. The molecule has 0 spiro atoms. The second kappa shape index (κ2) is 4.89. The number of hydrogen-bond donors (Lipinski definition) is 1. The van der Waals surface area contributed by atoms with E-state index < -0.39 is 0 Å². The lowest BCUT2D eigenvalue weighted by Gasteiger charge is -2.55. The van der Waals surface area contributed by atoms with Gasteiger partial charge in [0, 0.05) is 17.9 Å². The van der Waals surface area contributed by atoms with Crippen LogP contribution in [0.15, 0.2) is 22.8 Å². The number of carbonyl (C=O) groups is 1. The zero-order valence-corrected chi connectivity index (χ0v) is 12.8. The minimum Gasteiger partial charge on any atom is -0.469 e. The zero-order chi connectivity index (χ0) is 14.4. The van der Waals surface area contributed by atoms with E-state index in [0.717, 1.165) is 49.2 Å². The predicted molar refractivity (Wildman–Crippen MR) is 80.6 cm³/mol.